The van der Waals surface area contributed by atoms with E-state index in [2.05, 4.69) is 4.83 Å². The van der Waals surface area contributed by atoms with Crippen LogP contribution in [0.25, 0.3) is 0 Å². The zero-order valence-electron chi connectivity index (χ0n) is 9.10. The molecular weight excluding hydrogens is 214 g/mol. The van der Waals surface area contributed by atoms with Gasteiger partial charge in [-0.2, -0.15) is 5.26 Å². The summed E-state index contributed by atoms with van der Waals surface area (Å²) in [6.45, 7) is 3.98. The minimum Gasteiger partial charge on any atom is -0.225 e. The zero-order chi connectivity index (χ0) is 11.5. The van der Waals surface area contributed by atoms with Crippen LogP contribution in [0.15, 0.2) is 0 Å². The summed E-state index contributed by atoms with van der Waals surface area (Å²) in [6.07, 6.45) is 3.09. The molecule has 0 bridgehead atoms. The Hall–Kier alpha value is -0.640. The van der Waals surface area contributed by atoms with Crippen LogP contribution in [-0.4, -0.2) is 31.3 Å². The van der Waals surface area contributed by atoms with Gasteiger partial charge in [0.15, 0.2) is 5.75 Å². The van der Waals surface area contributed by atoms with Crippen molar-refractivity contribution in [3.8, 4) is 6.07 Å². The molecule has 0 aliphatic carbocycles. The first-order valence-electron chi connectivity index (χ1n) is 5.11. The molecule has 0 amide bonds. The highest BCUT2D eigenvalue weighted by Crippen LogP contribution is 2.20. The van der Waals surface area contributed by atoms with E-state index in [1.54, 1.807) is 11.1 Å². The van der Waals surface area contributed by atoms with E-state index >= 15 is 0 Å². The van der Waals surface area contributed by atoms with E-state index in [1.165, 1.54) is 0 Å². The third-order valence-electron chi connectivity index (χ3n) is 2.69. The molecular formula is C9H17N3O2S. The SMILES string of the molecule is CC1CCCC(C)N1NS(=O)(=O)CC#N. The second-order valence-electron chi connectivity index (χ2n) is 4.04. The molecule has 86 valence electrons. The number of nitriles is 1. The zero-order valence-corrected chi connectivity index (χ0v) is 9.92. The van der Waals surface area contributed by atoms with Crippen molar-refractivity contribution in [3.05, 3.63) is 0 Å². The summed E-state index contributed by atoms with van der Waals surface area (Å²) >= 11 is 0. The monoisotopic (exact) mass is 231 g/mol. The Balaban J connectivity index is 2.67. The first kappa shape index (κ1) is 12.4. The van der Waals surface area contributed by atoms with Gasteiger partial charge in [-0.25, -0.2) is 13.4 Å². The number of hydrogen-bond acceptors (Lipinski definition) is 4. The second kappa shape index (κ2) is 4.92. The summed E-state index contributed by atoms with van der Waals surface area (Å²) in [7, 11) is -3.48. The summed E-state index contributed by atoms with van der Waals surface area (Å²) in [5.74, 6) is -0.483. The Morgan fingerprint density at radius 3 is 2.40 bits per heavy atom. The summed E-state index contributed by atoms with van der Waals surface area (Å²) < 4.78 is 22.8. The highest BCUT2D eigenvalue weighted by atomic mass is 32.2. The highest BCUT2D eigenvalue weighted by Gasteiger charge is 2.28. The lowest BCUT2D eigenvalue weighted by atomic mass is 10.0. The molecule has 0 aromatic carbocycles. The average Bonchev–Trinajstić information content (AvgIpc) is 2.11. The van der Waals surface area contributed by atoms with E-state index in [1.807, 2.05) is 13.8 Å². The van der Waals surface area contributed by atoms with Crippen LogP contribution >= 0.6 is 0 Å². The normalized spacial score (nSPS) is 28.6. The highest BCUT2D eigenvalue weighted by molar-refractivity contribution is 7.89. The fraction of sp³-hybridized carbons (Fsp3) is 0.889. The fourth-order valence-electron chi connectivity index (χ4n) is 1.88. The van der Waals surface area contributed by atoms with Crippen LogP contribution in [0.5, 0.6) is 0 Å². The van der Waals surface area contributed by atoms with Gasteiger partial charge < -0.3 is 0 Å². The molecule has 1 aliphatic rings. The lowest BCUT2D eigenvalue weighted by Crippen LogP contribution is -2.54. The number of rotatable bonds is 3. The van der Waals surface area contributed by atoms with E-state index in [9.17, 15) is 8.42 Å². The van der Waals surface area contributed by atoms with Gasteiger partial charge in [0.2, 0.25) is 10.0 Å². The first-order valence-corrected chi connectivity index (χ1v) is 6.77. The van der Waals surface area contributed by atoms with Crippen molar-refractivity contribution >= 4 is 10.0 Å². The van der Waals surface area contributed by atoms with Crippen molar-refractivity contribution in [3.63, 3.8) is 0 Å². The quantitative estimate of drug-likeness (QED) is 0.772. The van der Waals surface area contributed by atoms with Crippen molar-refractivity contribution in [1.82, 2.24) is 9.84 Å². The molecule has 6 heteroatoms. The van der Waals surface area contributed by atoms with Crippen LogP contribution in [0.3, 0.4) is 0 Å². The van der Waals surface area contributed by atoms with Crippen molar-refractivity contribution in [2.24, 2.45) is 0 Å². The molecule has 5 nitrogen and oxygen atoms in total. The molecule has 2 atom stereocenters. The molecule has 1 fully saturated rings. The van der Waals surface area contributed by atoms with Gasteiger partial charge in [-0.15, -0.1) is 4.83 Å². The van der Waals surface area contributed by atoms with Gasteiger partial charge in [0.05, 0.1) is 6.07 Å². The van der Waals surface area contributed by atoms with Gasteiger partial charge in [0, 0.05) is 12.1 Å². The molecule has 0 spiro atoms. The number of sulfonamides is 1. The van der Waals surface area contributed by atoms with Crippen molar-refractivity contribution in [2.45, 2.75) is 45.2 Å². The van der Waals surface area contributed by atoms with Gasteiger partial charge in [-0.3, -0.25) is 0 Å². The summed E-state index contributed by atoms with van der Waals surface area (Å²) in [5.41, 5.74) is 0. The molecule has 0 aromatic rings. The number of nitrogens with one attached hydrogen (secondary N) is 1. The molecule has 1 rings (SSSR count). The third-order valence-corrected chi connectivity index (χ3v) is 3.69. The number of hydrogen-bond donors (Lipinski definition) is 1. The van der Waals surface area contributed by atoms with Crippen LogP contribution in [-0.2, 0) is 10.0 Å². The van der Waals surface area contributed by atoms with Crippen LogP contribution < -0.4 is 4.83 Å². The van der Waals surface area contributed by atoms with E-state index in [0.29, 0.717) is 0 Å². The van der Waals surface area contributed by atoms with Gasteiger partial charge in [-0.1, -0.05) is 6.42 Å². The van der Waals surface area contributed by atoms with Gasteiger partial charge >= 0.3 is 0 Å². The summed E-state index contributed by atoms with van der Waals surface area (Å²) in [4.78, 5) is 2.48. The maximum Gasteiger partial charge on any atom is 0.237 e. The van der Waals surface area contributed by atoms with Crippen molar-refractivity contribution < 1.29 is 8.42 Å². The third kappa shape index (κ3) is 3.45. The van der Waals surface area contributed by atoms with E-state index in [4.69, 9.17) is 5.26 Å². The molecule has 15 heavy (non-hydrogen) atoms. The minimum atomic E-state index is -3.48. The molecule has 1 N–H and O–H groups in total. The van der Waals surface area contributed by atoms with Gasteiger partial charge in [0.1, 0.15) is 0 Å². The predicted octanol–water partition coefficient (Wildman–Crippen LogP) is 0.607. The van der Waals surface area contributed by atoms with Crippen LogP contribution in [0.4, 0.5) is 0 Å². The molecule has 2 unspecified atom stereocenters. The van der Waals surface area contributed by atoms with E-state index < -0.39 is 15.8 Å². The fourth-order valence-corrected chi connectivity index (χ4v) is 2.79. The van der Waals surface area contributed by atoms with Crippen LogP contribution in [0.2, 0.25) is 0 Å². The van der Waals surface area contributed by atoms with E-state index in [-0.39, 0.29) is 12.1 Å². The first-order chi connectivity index (χ1) is 6.96. The lowest BCUT2D eigenvalue weighted by Gasteiger charge is -2.38. The smallest absolute Gasteiger partial charge is 0.225 e. The van der Waals surface area contributed by atoms with Crippen LogP contribution in [0.1, 0.15) is 33.1 Å². The standard InChI is InChI=1S/C9H17N3O2S/c1-8-4-3-5-9(2)12(8)11-15(13,14)7-6-10/h8-9,11H,3-5,7H2,1-2H3. The van der Waals surface area contributed by atoms with Crippen molar-refractivity contribution in [1.29, 1.82) is 5.26 Å². The molecule has 0 aromatic heterocycles. The molecule has 1 saturated heterocycles. The topological polar surface area (TPSA) is 73.2 Å². The number of piperidine rings is 1. The molecule has 0 radical (unpaired) electrons. The number of hydrazine groups is 1. The summed E-state index contributed by atoms with van der Waals surface area (Å²) in [5, 5.41) is 10.1. The average molecular weight is 231 g/mol. The van der Waals surface area contributed by atoms with Crippen molar-refractivity contribution in [2.75, 3.05) is 5.75 Å². The van der Waals surface area contributed by atoms with Crippen LogP contribution in [0, 0.1) is 11.3 Å². The largest absolute Gasteiger partial charge is 0.237 e. The minimum absolute atomic E-state index is 0.196. The second-order valence-corrected chi connectivity index (χ2v) is 5.75. The van der Waals surface area contributed by atoms with Gasteiger partial charge in [-0.05, 0) is 26.7 Å². The maximum atomic E-state index is 11.4. The Kier molecular flexibility index (Phi) is 4.08. The predicted molar refractivity (Wildman–Crippen MR) is 57.1 cm³/mol. The Morgan fingerprint density at radius 2 is 1.93 bits per heavy atom. The maximum absolute atomic E-state index is 11.4. The lowest BCUT2D eigenvalue weighted by molar-refractivity contribution is 0.0792. The molecule has 1 heterocycles. The summed E-state index contributed by atoms with van der Waals surface area (Å²) in [6, 6.07) is 2.04. The van der Waals surface area contributed by atoms with Gasteiger partial charge in [0.25, 0.3) is 0 Å². The van der Waals surface area contributed by atoms with E-state index in [0.717, 1.165) is 19.3 Å². The Labute approximate surface area is 91.1 Å². The Bertz CT molecular complexity index is 337. The Morgan fingerprint density at radius 1 is 1.40 bits per heavy atom. The molecule has 0 saturated carbocycles. The number of nitrogens with zero attached hydrogens (tertiary/aromatic N) is 2. The molecule has 1 aliphatic heterocycles.